The van der Waals surface area contributed by atoms with Gasteiger partial charge in [0.05, 0.1) is 7.11 Å². The summed E-state index contributed by atoms with van der Waals surface area (Å²) in [4.78, 5) is 24.7. The van der Waals surface area contributed by atoms with Gasteiger partial charge in [0.2, 0.25) is 5.95 Å². The highest BCUT2D eigenvalue weighted by Crippen LogP contribution is 2.47. The van der Waals surface area contributed by atoms with Gasteiger partial charge in [-0.3, -0.25) is 4.79 Å². The number of rotatable bonds is 3. The number of piperidine rings is 1. The fraction of sp³-hybridized carbons (Fsp3) is 0.435. The van der Waals surface area contributed by atoms with Gasteiger partial charge in [-0.15, -0.1) is 0 Å². The normalized spacial score (nSPS) is 21.0. The number of hydrogen-bond donors (Lipinski definition) is 2. The molecule has 2 aliphatic heterocycles. The molecule has 0 spiro atoms. The number of allylic oxidation sites excluding steroid dienone is 2. The summed E-state index contributed by atoms with van der Waals surface area (Å²) in [7, 11) is 1.65. The summed E-state index contributed by atoms with van der Waals surface area (Å²) in [5.41, 5.74) is 10.1. The van der Waals surface area contributed by atoms with E-state index in [0.717, 1.165) is 72.7 Å². The molecule has 1 fully saturated rings. The first-order valence-electron chi connectivity index (χ1n) is 10.8. The lowest BCUT2D eigenvalue weighted by atomic mass is 9.76. The van der Waals surface area contributed by atoms with Crippen molar-refractivity contribution >= 4 is 23.4 Å². The van der Waals surface area contributed by atoms with Crippen LogP contribution in [0.25, 0.3) is 0 Å². The highest BCUT2D eigenvalue weighted by molar-refractivity contribution is 6.01. The average molecular weight is 406 g/mol. The van der Waals surface area contributed by atoms with E-state index in [-0.39, 0.29) is 11.7 Å². The SMILES string of the molecule is COc1cccc(C2C3=C(CCCC3=O)Nc3nc(N4CCCCC4)nc(N)c32)c1. The fourth-order valence-corrected chi connectivity index (χ4v) is 4.86. The highest BCUT2D eigenvalue weighted by Gasteiger charge is 2.38. The van der Waals surface area contributed by atoms with Crippen molar-refractivity contribution in [3.8, 4) is 5.75 Å². The fourth-order valence-electron chi connectivity index (χ4n) is 4.86. The molecule has 156 valence electrons. The van der Waals surface area contributed by atoms with Gasteiger partial charge in [-0.2, -0.15) is 9.97 Å². The number of anilines is 3. The molecular weight excluding hydrogens is 378 g/mol. The van der Waals surface area contributed by atoms with E-state index in [4.69, 9.17) is 15.5 Å². The molecule has 0 amide bonds. The molecule has 1 aromatic heterocycles. The summed E-state index contributed by atoms with van der Waals surface area (Å²) < 4.78 is 5.44. The molecule has 30 heavy (non-hydrogen) atoms. The van der Waals surface area contributed by atoms with Crippen LogP contribution in [0.4, 0.5) is 17.6 Å². The third-order valence-corrected chi connectivity index (χ3v) is 6.33. The lowest BCUT2D eigenvalue weighted by Crippen LogP contribution is -2.33. The molecule has 1 saturated heterocycles. The predicted molar refractivity (Wildman–Crippen MR) is 117 cm³/mol. The van der Waals surface area contributed by atoms with Crippen LogP contribution in [0.2, 0.25) is 0 Å². The summed E-state index contributed by atoms with van der Waals surface area (Å²) in [5.74, 6) is 2.47. The van der Waals surface area contributed by atoms with Gasteiger partial charge in [-0.1, -0.05) is 12.1 Å². The van der Waals surface area contributed by atoms with Crippen LogP contribution in [0.3, 0.4) is 0 Å². The van der Waals surface area contributed by atoms with Crippen LogP contribution in [0.1, 0.15) is 55.6 Å². The number of aromatic nitrogens is 2. The Bertz CT molecular complexity index is 1030. The van der Waals surface area contributed by atoms with Crippen LogP contribution in [-0.2, 0) is 4.79 Å². The average Bonchev–Trinajstić information content (AvgIpc) is 2.78. The first-order valence-corrected chi connectivity index (χ1v) is 10.8. The topological polar surface area (TPSA) is 93.4 Å². The van der Waals surface area contributed by atoms with Crippen molar-refractivity contribution in [3.63, 3.8) is 0 Å². The van der Waals surface area contributed by atoms with Gasteiger partial charge >= 0.3 is 0 Å². The number of hydrogen-bond acceptors (Lipinski definition) is 7. The molecule has 5 rings (SSSR count). The van der Waals surface area contributed by atoms with E-state index in [9.17, 15) is 4.79 Å². The van der Waals surface area contributed by atoms with E-state index < -0.39 is 0 Å². The molecule has 1 unspecified atom stereocenters. The van der Waals surface area contributed by atoms with Crippen molar-refractivity contribution < 1.29 is 9.53 Å². The van der Waals surface area contributed by atoms with Crippen molar-refractivity contribution in [2.45, 2.75) is 44.4 Å². The monoisotopic (exact) mass is 405 g/mol. The smallest absolute Gasteiger partial charge is 0.229 e. The number of nitrogens with two attached hydrogens (primary N) is 1. The Morgan fingerprint density at radius 1 is 1.13 bits per heavy atom. The van der Waals surface area contributed by atoms with Crippen molar-refractivity contribution in [1.29, 1.82) is 0 Å². The zero-order valence-electron chi connectivity index (χ0n) is 17.3. The minimum Gasteiger partial charge on any atom is -0.497 e. The molecule has 1 atom stereocenters. The van der Waals surface area contributed by atoms with Gasteiger partial charge in [-0.05, 0) is 49.8 Å². The second kappa shape index (κ2) is 7.63. The molecule has 1 aromatic carbocycles. The summed E-state index contributed by atoms with van der Waals surface area (Å²) in [6.07, 6.45) is 5.77. The van der Waals surface area contributed by atoms with Crippen molar-refractivity contribution in [1.82, 2.24) is 9.97 Å². The molecule has 2 aromatic rings. The summed E-state index contributed by atoms with van der Waals surface area (Å²) >= 11 is 0. The Labute approximate surface area is 176 Å². The molecule has 0 bridgehead atoms. The Hall–Kier alpha value is -3.09. The van der Waals surface area contributed by atoms with Gasteiger partial charge in [0.15, 0.2) is 5.78 Å². The molecule has 7 nitrogen and oxygen atoms in total. The van der Waals surface area contributed by atoms with Crippen LogP contribution in [0.5, 0.6) is 5.75 Å². The highest BCUT2D eigenvalue weighted by atomic mass is 16.5. The van der Waals surface area contributed by atoms with Crippen LogP contribution in [0, 0.1) is 0 Å². The Balaban J connectivity index is 1.66. The van der Waals surface area contributed by atoms with Crippen molar-refractivity contribution in [3.05, 3.63) is 46.7 Å². The summed E-state index contributed by atoms with van der Waals surface area (Å²) in [6, 6.07) is 7.85. The first kappa shape index (κ1) is 18.9. The Morgan fingerprint density at radius 3 is 2.77 bits per heavy atom. The predicted octanol–water partition coefficient (Wildman–Crippen LogP) is 3.62. The molecule has 0 saturated carbocycles. The minimum atomic E-state index is -0.283. The van der Waals surface area contributed by atoms with Gasteiger partial charge in [0.1, 0.15) is 17.4 Å². The molecule has 3 aliphatic rings. The van der Waals surface area contributed by atoms with Gasteiger partial charge in [-0.25, -0.2) is 0 Å². The largest absolute Gasteiger partial charge is 0.497 e. The number of methoxy groups -OCH3 is 1. The number of nitrogen functional groups attached to an aromatic ring is 1. The van der Waals surface area contributed by atoms with E-state index in [2.05, 4.69) is 15.2 Å². The maximum atomic E-state index is 13.0. The van der Waals surface area contributed by atoms with E-state index in [1.165, 1.54) is 6.42 Å². The lowest BCUT2D eigenvalue weighted by molar-refractivity contribution is -0.116. The van der Waals surface area contributed by atoms with Gasteiger partial charge in [0, 0.05) is 42.3 Å². The molecule has 3 N–H and O–H groups in total. The maximum absolute atomic E-state index is 13.0. The number of ketones is 1. The number of carbonyl (C=O) groups is 1. The molecule has 3 heterocycles. The molecule has 7 heteroatoms. The standard InChI is InChI=1S/C23H27N5O2/c1-30-15-8-5-7-14(13-15)18-19-16(9-6-10-17(19)29)25-22-20(18)21(24)26-23(27-22)28-11-3-2-4-12-28/h5,7-8,13,18H,2-4,6,9-12H2,1H3,(H3,24,25,26,27). The van der Waals surface area contributed by atoms with E-state index in [0.29, 0.717) is 18.2 Å². The van der Waals surface area contributed by atoms with Crippen LogP contribution in [0.15, 0.2) is 35.5 Å². The number of nitrogens with zero attached hydrogens (tertiary/aromatic N) is 3. The number of fused-ring (bicyclic) bond motifs is 1. The number of benzene rings is 1. The van der Waals surface area contributed by atoms with Crippen LogP contribution >= 0.6 is 0 Å². The third kappa shape index (κ3) is 3.18. The second-order valence-electron chi connectivity index (χ2n) is 8.22. The first-order chi connectivity index (χ1) is 14.7. The molecular formula is C23H27N5O2. The van der Waals surface area contributed by atoms with Crippen molar-refractivity contribution in [2.24, 2.45) is 0 Å². The molecule has 1 aliphatic carbocycles. The second-order valence-corrected chi connectivity index (χ2v) is 8.22. The molecule has 0 radical (unpaired) electrons. The van der Waals surface area contributed by atoms with Crippen LogP contribution in [-0.4, -0.2) is 36.0 Å². The third-order valence-electron chi connectivity index (χ3n) is 6.33. The van der Waals surface area contributed by atoms with E-state index in [1.54, 1.807) is 7.11 Å². The van der Waals surface area contributed by atoms with E-state index in [1.807, 2.05) is 24.3 Å². The number of ether oxygens (including phenoxy) is 1. The zero-order valence-corrected chi connectivity index (χ0v) is 17.3. The minimum absolute atomic E-state index is 0.168. The Kier molecular flexibility index (Phi) is 4.81. The number of carbonyl (C=O) groups excluding carboxylic acids is 1. The Morgan fingerprint density at radius 2 is 1.97 bits per heavy atom. The quantitative estimate of drug-likeness (QED) is 0.805. The summed E-state index contributed by atoms with van der Waals surface area (Å²) in [6.45, 7) is 1.90. The van der Waals surface area contributed by atoms with Crippen LogP contribution < -0.4 is 20.7 Å². The maximum Gasteiger partial charge on any atom is 0.229 e. The number of Topliss-reactive ketones (excluding diaryl/α,β-unsaturated/α-hetero) is 1. The zero-order chi connectivity index (χ0) is 20.7. The van der Waals surface area contributed by atoms with Crippen molar-refractivity contribution in [2.75, 3.05) is 36.1 Å². The number of nitrogens with one attached hydrogen (secondary N) is 1. The van der Waals surface area contributed by atoms with Gasteiger partial charge < -0.3 is 20.7 Å². The van der Waals surface area contributed by atoms with E-state index >= 15 is 0 Å². The van der Waals surface area contributed by atoms with Gasteiger partial charge in [0.25, 0.3) is 0 Å². The lowest BCUT2D eigenvalue weighted by Gasteiger charge is -2.35. The summed E-state index contributed by atoms with van der Waals surface area (Å²) in [5, 5.41) is 3.45.